The number of nitrogens with zero attached hydrogens (tertiary/aromatic N) is 2. The van der Waals surface area contributed by atoms with Crippen LogP contribution in [-0.2, 0) is 7.05 Å². The number of nitrogen functional groups attached to an aromatic ring is 1. The molecule has 1 aromatic heterocycles. The van der Waals surface area contributed by atoms with Gasteiger partial charge >= 0.3 is 0 Å². The first-order valence-electron chi connectivity index (χ1n) is 7.39. The van der Waals surface area contributed by atoms with Crippen molar-refractivity contribution in [1.29, 1.82) is 0 Å². The molecule has 2 atom stereocenters. The van der Waals surface area contributed by atoms with Gasteiger partial charge in [0.15, 0.2) is 0 Å². The zero-order chi connectivity index (χ0) is 13.4. The molecule has 2 fully saturated rings. The van der Waals surface area contributed by atoms with E-state index < -0.39 is 0 Å². The van der Waals surface area contributed by atoms with Gasteiger partial charge in [-0.3, -0.25) is 4.79 Å². The van der Waals surface area contributed by atoms with Crippen molar-refractivity contribution in [3.63, 3.8) is 0 Å². The largest absolute Gasteiger partial charge is 0.397 e. The van der Waals surface area contributed by atoms with Crippen molar-refractivity contribution in [3.05, 3.63) is 18.0 Å². The third-order valence-electron chi connectivity index (χ3n) is 4.75. The number of anilines is 1. The Bertz CT molecular complexity index is 478. The first-order chi connectivity index (χ1) is 9.16. The Labute approximate surface area is 114 Å². The molecule has 1 saturated heterocycles. The van der Waals surface area contributed by atoms with Crippen molar-refractivity contribution in [2.45, 2.75) is 44.6 Å². The SMILES string of the molecule is Cn1cc(N)cc1C(=O)N1CCCC2CCCCC21. The minimum Gasteiger partial charge on any atom is -0.397 e. The number of carbonyl (C=O) groups excluding carboxylic acids is 1. The van der Waals surface area contributed by atoms with Crippen LogP contribution < -0.4 is 5.73 Å². The summed E-state index contributed by atoms with van der Waals surface area (Å²) in [6.45, 7) is 0.908. The van der Waals surface area contributed by atoms with E-state index in [1.165, 1.54) is 32.1 Å². The molecule has 4 nitrogen and oxygen atoms in total. The molecule has 2 heterocycles. The summed E-state index contributed by atoms with van der Waals surface area (Å²) in [4.78, 5) is 14.9. The Morgan fingerprint density at radius 3 is 2.74 bits per heavy atom. The van der Waals surface area contributed by atoms with Crippen molar-refractivity contribution in [2.75, 3.05) is 12.3 Å². The summed E-state index contributed by atoms with van der Waals surface area (Å²) in [5.41, 5.74) is 7.18. The molecule has 104 valence electrons. The van der Waals surface area contributed by atoms with Gasteiger partial charge < -0.3 is 15.2 Å². The summed E-state index contributed by atoms with van der Waals surface area (Å²) < 4.78 is 1.85. The third-order valence-corrected chi connectivity index (χ3v) is 4.75. The predicted octanol–water partition coefficient (Wildman–Crippen LogP) is 2.40. The highest BCUT2D eigenvalue weighted by atomic mass is 16.2. The summed E-state index contributed by atoms with van der Waals surface area (Å²) in [5.74, 6) is 0.889. The topological polar surface area (TPSA) is 51.3 Å². The lowest BCUT2D eigenvalue weighted by molar-refractivity contribution is 0.0382. The molecule has 3 rings (SSSR count). The van der Waals surface area contributed by atoms with Crippen molar-refractivity contribution < 1.29 is 4.79 Å². The molecular weight excluding hydrogens is 238 g/mol. The molecule has 2 N–H and O–H groups in total. The maximum absolute atomic E-state index is 12.7. The molecule has 1 aliphatic carbocycles. The quantitative estimate of drug-likeness (QED) is 0.844. The Balaban J connectivity index is 1.83. The molecule has 2 unspecified atom stereocenters. The van der Waals surface area contributed by atoms with E-state index in [2.05, 4.69) is 4.90 Å². The molecule has 4 heteroatoms. The van der Waals surface area contributed by atoms with Crippen LogP contribution in [0.3, 0.4) is 0 Å². The fourth-order valence-corrected chi connectivity index (χ4v) is 3.83. The number of hydrogen-bond donors (Lipinski definition) is 1. The molecule has 1 saturated carbocycles. The van der Waals surface area contributed by atoms with Crippen LogP contribution in [0.1, 0.15) is 49.0 Å². The zero-order valence-corrected chi connectivity index (χ0v) is 11.6. The number of piperidine rings is 1. The highest BCUT2D eigenvalue weighted by Gasteiger charge is 2.36. The standard InChI is InChI=1S/C15H23N3O/c1-17-10-12(16)9-14(17)15(19)18-8-4-6-11-5-2-3-7-13(11)18/h9-11,13H,2-8,16H2,1H3. The van der Waals surface area contributed by atoms with Crippen molar-refractivity contribution in [2.24, 2.45) is 13.0 Å². The van der Waals surface area contributed by atoms with Gasteiger partial charge in [-0.1, -0.05) is 12.8 Å². The number of likely N-dealkylation sites (tertiary alicyclic amines) is 1. The van der Waals surface area contributed by atoms with Crippen LogP contribution in [0.4, 0.5) is 5.69 Å². The van der Waals surface area contributed by atoms with Crippen LogP contribution in [0.2, 0.25) is 0 Å². The summed E-state index contributed by atoms with van der Waals surface area (Å²) in [6.07, 6.45) is 9.33. The minimum atomic E-state index is 0.163. The fourth-order valence-electron chi connectivity index (χ4n) is 3.83. The monoisotopic (exact) mass is 261 g/mol. The Morgan fingerprint density at radius 1 is 1.26 bits per heavy atom. The van der Waals surface area contributed by atoms with E-state index in [0.29, 0.717) is 11.7 Å². The van der Waals surface area contributed by atoms with Crippen LogP contribution >= 0.6 is 0 Å². The number of hydrogen-bond acceptors (Lipinski definition) is 2. The fraction of sp³-hybridized carbons (Fsp3) is 0.667. The average Bonchev–Trinajstić information content (AvgIpc) is 2.76. The Hall–Kier alpha value is -1.45. The first kappa shape index (κ1) is 12.6. The molecule has 0 aromatic carbocycles. The van der Waals surface area contributed by atoms with Gasteiger partial charge in [0.1, 0.15) is 5.69 Å². The van der Waals surface area contributed by atoms with Gasteiger partial charge in [0.2, 0.25) is 0 Å². The number of amides is 1. The van der Waals surface area contributed by atoms with E-state index in [1.54, 1.807) is 6.07 Å². The number of rotatable bonds is 1. The van der Waals surface area contributed by atoms with Gasteiger partial charge in [0.05, 0.1) is 5.69 Å². The maximum Gasteiger partial charge on any atom is 0.270 e. The number of aromatic nitrogens is 1. The molecule has 0 bridgehead atoms. The number of nitrogens with two attached hydrogens (primary N) is 1. The van der Waals surface area contributed by atoms with Crippen LogP contribution in [0, 0.1) is 5.92 Å². The average molecular weight is 261 g/mol. The van der Waals surface area contributed by atoms with E-state index in [-0.39, 0.29) is 5.91 Å². The maximum atomic E-state index is 12.7. The summed E-state index contributed by atoms with van der Waals surface area (Å²) in [7, 11) is 1.89. The number of aryl methyl sites for hydroxylation is 1. The predicted molar refractivity (Wildman–Crippen MR) is 75.8 cm³/mol. The Kier molecular flexibility index (Phi) is 3.25. The van der Waals surface area contributed by atoms with Crippen molar-refractivity contribution in [1.82, 2.24) is 9.47 Å². The van der Waals surface area contributed by atoms with Crippen LogP contribution in [0.25, 0.3) is 0 Å². The lowest BCUT2D eigenvalue weighted by Crippen LogP contribution is -2.50. The molecular formula is C15H23N3O. The lowest BCUT2D eigenvalue weighted by Gasteiger charge is -2.44. The molecule has 0 radical (unpaired) electrons. The van der Waals surface area contributed by atoms with Crippen molar-refractivity contribution in [3.8, 4) is 0 Å². The molecule has 1 aliphatic heterocycles. The van der Waals surface area contributed by atoms with Gasteiger partial charge in [-0.25, -0.2) is 0 Å². The molecule has 1 aromatic rings. The van der Waals surface area contributed by atoms with Gasteiger partial charge in [-0.2, -0.15) is 0 Å². The van der Waals surface area contributed by atoms with E-state index in [0.717, 1.165) is 24.6 Å². The zero-order valence-electron chi connectivity index (χ0n) is 11.6. The highest BCUT2D eigenvalue weighted by molar-refractivity contribution is 5.94. The molecule has 19 heavy (non-hydrogen) atoms. The minimum absolute atomic E-state index is 0.163. The van der Waals surface area contributed by atoms with E-state index in [4.69, 9.17) is 5.73 Å². The second-order valence-corrected chi connectivity index (χ2v) is 6.02. The smallest absolute Gasteiger partial charge is 0.270 e. The summed E-state index contributed by atoms with van der Waals surface area (Å²) >= 11 is 0. The van der Waals surface area contributed by atoms with E-state index in [9.17, 15) is 4.79 Å². The van der Waals surface area contributed by atoms with E-state index >= 15 is 0 Å². The third kappa shape index (κ3) is 2.24. The summed E-state index contributed by atoms with van der Waals surface area (Å²) in [5, 5.41) is 0. The van der Waals surface area contributed by atoms with Crippen LogP contribution in [0.5, 0.6) is 0 Å². The normalized spacial score (nSPS) is 27.1. The van der Waals surface area contributed by atoms with Crippen LogP contribution in [-0.4, -0.2) is 28.0 Å². The number of carbonyl (C=O) groups is 1. The van der Waals surface area contributed by atoms with Crippen molar-refractivity contribution >= 4 is 11.6 Å². The molecule has 1 amide bonds. The van der Waals surface area contributed by atoms with E-state index in [1.807, 2.05) is 17.8 Å². The number of fused-ring (bicyclic) bond motifs is 1. The molecule has 2 aliphatic rings. The second kappa shape index (κ2) is 4.91. The Morgan fingerprint density at radius 2 is 2.00 bits per heavy atom. The van der Waals surface area contributed by atoms with Gasteiger partial charge in [-0.05, 0) is 37.7 Å². The lowest BCUT2D eigenvalue weighted by atomic mass is 9.78. The van der Waals surface area contributed by atoms with Gasteiger partial charge in [0, 0.05) is 25.8 Å². The van der Waals surface area contributed by atoms with Crippen LogP contribution in [0.15, 0.2) is 12.3 Å². The molecule has 0 spiro atoms. The second-order valence-electron chi connectivity index (χ2n) is 6.02. The first-order valence-corrected chi connectivity index (χ1v) is 7.39. The van der Waals surface area contributed by atoms with Gasteiger partial charge in [0.25, 0.3) is 5.91 Å². The van der Waals surface area contributed by atoms with Gasteiger partial charge in [-0.15, -0.1) is 0 Å². The highest BCUT2D eigenvalue weighted by Crippen LogP contribution is 2.36. The summed E-state index contributed by atoms with van der Waals surface area (Å²) in [6, 6.07) is 2.26.